The fraction of sp³-hybridized carbons (Fsp3) is 0.474. The van der Waals surface area contributed by atoms with Gasteiger partial charge in [0.2, 0.25) is 0 Å². The maximum atomic E-state index is 12.8. The SMILES string of the molecule is O=C(Nc1cccc(N2ONC3NC(Cl)CCC3O2)c1Cl)C1=C(O)N=C2CCCCN2O1. The summed E-state index contributed by atoms with van der Waals surface area (Å²) in [5, 5.41) is 18.8. The Morgan fingerprint density at radius 1 is 1.31 bits per heavy atom. The molecule has 172 valence electrons. The number of amides is 1. The van der Waals surface area contributed by atoms with Crippen molar-refractivity contribution < 1.29 is 24.5 Å². The quantitative estimate of drug-likeness (QED) is 0.378. The van der Waals surface area contributed by atoms with Crippen LogP contribution < -0.4 is 21.3 Å². The minimum absolute atomic E-state index is 0.164. The number of amidine groups is 1. The van der Waals surface area contributed by atoms with Gasteiger partial charge in [0.1, 0.15) is 23.8 Å². The number of fused-ring (bicyclic) bond motifs is 2. The van der Waals surface area contributed by atoms with Gasteiger partial charge < -0.3 is 15.3 Å². The predicted octanol–water partition coefficient (Wildman–Crippen LogP) is 2.67. The third-order valence-electron chi connectivity index (χ3n) is 5.50. The van der Waals surface area contributed by atoms with E-state index in [1.54, 1.807) is 18.2 Å². The van der Waals surface area contributed by atoms with Crippen LogP contribution in [0.2, 0.25) is 5.02 Å². The van der Waals surface area contributed by atoms with Gasteiger partial charge in [0, 0.05) is 6.42 Å². The number of hydroxylamine groups is 3. The van der Waals surface area contributed by atoms with E-state index >= 15 is 0 Å². The molecule has 4 aliphatic heterocycles. The summed E-state index contributed by atoms with van der Waals surface area (Å²) < 4.78 is 0. The molecule has 0 aliphatic carbocycles. The van der Waals surface area contributed by atoms with Crippen LogP contribution in [0, 0.1) is 0 Å². The third-order valence-corrected chi connectivity index (χ3v) is 6.24. The molecule has 4 heterocycles. The summed E-state index contributed by atoms with van der Waals surface area (Å²) in [4.78, 5) is 33.8. The van der Waals surface area contributed by atoms with Gasteiger partial charge in [-0.25, -0.2) is 4.84 Å². The zero-order valence-corrected chi connectivity index (χ0v) is 18.4. The molecule has 4 N–H and O–H groups in total. The molecule has 3 atom stereocenters. The first-order chi connectivity index (χ1) is 15.5. The van der Waals surface area contributed by atoms with Crippen molar-refractivity contribution in [1.82, 2.24) is 15.9 Å². The first-order valence-corrected chi connectivity index (χ1v) is 11.2. The van der Waals surface area contributed by atoms with Crippen molar-refractivity contribution >= 4 is 46.3 Å². The Balaban J connectivity index is 1.31. The lowest BCUT2D eigenvalue weighted by Crippen LogP contribution is -2.63. The highest BCUT2D eigenvalue weighted by atomic mass is 35.5. The van der Waals surface area contributed by atoms with E-state index in [2.05, 4.69) is 21.1 Å². The average molecular weight is 485 g/mol. The van der Waals surface area contributed by atoms with Crippen LogP contribution in [0.1, 0.15) is 32.1 Å². The van der Waals surface area contributed by atoms with E-state index in [1.165, 1.54) is 5.06 Å². The summed E-state index contributed by atoms with van der Waals surface area (Å²) in [6, 6.07) is 4.97. The van der Waals surface area contributed by atoms with E-state index in [-0.39, 0.29) is 34.2 Å². The molecule has 3 saturated heterocycles. The summed E-state index contributed by atoms with van der Waals surface area (Å²) >= 11 is 12.6. The van der Waals surface area contributed by atoms with Crippen LogP contribution in [0.4, 0.5) is 11.4 Å². The van der Waals surface area contributed by atoms with Gasteiger partial charge in [-0.1, -0.05) is 17.7 Å². The molecule has 1 amide bonds. The molecule has 1 aromatic rings. The number of hydrogen-bond acceptors (Lipinski definition) is 10. The Kier molecular flexibility index (Phi) is 6.01. The molecular formula is C19H22Cl2N6O5. The topological polar surface area (TPSA) is 120 Å². The monoisotopic (exact) mass is 484 g/mol. The molecule has 4 aliphatic rings. The molecule has 0 aromatic heterocycles. The summed E-state index contributed by atoms with van der Waals surface area (Å²) in [6.45, 7) is 0.594. The standard InChI is InChI=1S/C19H22Cl2N6O5/c20-13-8-7-12-17(23-13)25-32-27(30-12)11-5-3-4-10(15(11)21)22-18(28)16-19(29)24-14-6-1-2-9-26(14)31-16/h3-5,12-13,17,23,25,29H,1-2,6-9H2,(H,22,28). The number of nitrogens with one attached hydrogen (secondary N) is 3. The van der Waals surface area contributed by atoms with E-state index in [4.69, 9.17) is 37.8 Å². The van der Waals surface area contributed by atoms with Crippen molar-refractivity contribution in [3.63, 3.8) is 0 Å². The van der Waals surface area contributed by atoms with Crippen LogP contribution in [0.25, 0.3) is 0 Å². The van der Waals surface area contributed by atoms with E-state index in [0.717, 1.165) is 30.9 Å². The summed E-state index contributed by atoms with van der Waals surface area (Å²) in [6.07, 6.45) is 3.52. The average Bonchev–Trinajstić information content (AvgIpc) is 2.79. The Bertz CT molecular complexity index is 976. The Morgan fingerprint density at radius 3 is 3.06 bits per heavy atom. The highest BCUT2D eigenvalue weighted by molar-refractivity contribution is 6.36. The number of rotatable bonds is 3. The smallest absolute Gasteiger partial charge is 0.299 e. The lowest BCUT2D eigenvalue weighted by atomic mass is 10.1. The molecule has 3 fully saturated rings. The maximum Gasteiger partial charge on any atom is 0.299 e. The summed E-state index contributed by atoms with van der Waals surface area (Å²) in [5.74, 6) is -0.842. The molecule has 0 bridgehead atoms. The molecule has 1 aromatic carbocycles. The number of benzene rings is 1. The molecule has 5 rings (SSSR count). The highest BCUT2D eigenvalue weighted by Gasteiger charge is 2.37. The fourth-order valence-electron chi connectivity index (χ4n) is 3.85. The largest absolute Gasteiger partial charge is 0.490 e. The predicted molar refractivity (Wildman–Crippen MR) is 116 cm³/mol. The number of carbonyl (C=O) groups excluding carboxylic acids is 1. The normalized spacial score (nSPS) is 27.8. The van der Waals surface area contributed by atoms with E-state index in [0.29, 0.717) is 24.5 Å². The van der Waals surface area contributed by atoms with Crippen molar-refractivity contribution in [2.75, 3.05) is 17.1 Å². The van der Waals surface area contributed by atoms with Gasteiger partial charge in [0.25, 0.3) is 17.5 Å². The Labute approximate surface area is 193 Å². The first-order valence-electron chi connectivity index (χ1n) is 10.4. The van der Waals surface area contributed by atoms with Crippen LogP contribution in [0.15, 0.2) is 34.8 Å². The second-order valence-electron chi connectivity index (χ2n) is 7.72. The van der Waals surface area contributed by atoms with Gasteiger partial charge in [0.05, 0.1) is 22.8 Å². The number of aliphatic imine (C=N–C) groups is 1. The zero-order chi connectivity index (χ0) is 22.2. The minimum atomic E-state index is -0.682. The molecule has 3 unspecified atom stereocenters. The fourth-order valence-corrected chi connectivity index (χ4v) is 4.35. The highest BCUT2D eigenvalue weighted by Crippen LogP contribution is 2.36. The number of halogens is 2. The number of alkyl halides is 1. The lowest BCUT2D eigenvalue weighted by Gasteiger charge is -2.42. The molecule has 13 heteroatoms. The lowest BCUT2D eigenvalue weighted by molar-refractivity contribution is -0.238. The van der Waals surface area contributed by atoms with Gasteiger partial charge in [-0.2, -0.15) is 20.5 Å². The van der Waals surface area contributed by atoms with Crippen molar-refractivity contribution in [2.45, 2.75) is 49.9 Å². The van der Waals surface area contributed by atoms with Crippen LogP contribution in [-0.4, -0.2) is 46.2 Å². The zero-order valence-electron chi connectivity index (χ0n) is 16.9. The molecule has 0 saturated carbocycles. The first kappa shape index (κ1) is 21.6. The summed E-state index contributed by atoms with van der Waals surface area (Å²) in [5.41, 5.74) is 3.34. The second-order valence-corrected chi connectivity index (χ2v) is 8.63. The number of piperidine rings is 2. The number of anilines is 2. The molecular weight excluding hydrogens is 463 g/mol. The van der Waals surface area contributed by atoms with Gasteiger partial charge in [-0.05, 0) is 37.8 Å². The van der Waals surface area contributed by atoms with Crippen molar-refractivity contribution in [1.29, 1.82) is 0 Å². The van der Waals surface area contributed by atoms with Crippen LogP contribution in [-0.2, 0) is 19.4 Å². The number of carbonyl (C=O) groups is 1. The molecule has 11 nitrogen and oxygen atoms in total. The van der Waals surface area contributed by atoms with Crippen LogP contribution >= 0.6 is 23.2 Å². The molecule has 32 heavy (non-hydrogen) atoms. The number of nitrogens with zero attached hydrogens (tertiary/aromatic N) is 3. The van der Waals surface area contributed by atoms with Gasteiger partial charge in [-0.3, -0.25) is 10.1 Å². The van der Waals surface area contributed by atoms with Crippen molar-refractivity contribution in [3.8, 4) is 0 Å². The van der Waals surface area contributed by atoms with Crippen LogP contribution in [0.3, 0.4) is 0 Å². The van der Waals surface area contributed by atoms with Gasteiger partial charge in [-0.15, -0.1) is 16.8 Å². The van der Waals surface area contributed by atoms with Crippen LogP contribution in [0.5, 0.6) is 0 Å². The summed E-state index contributed by atoms with van der Waals surface area (Å²) in [7, 11) is 0. The Morgan fingerprint density at radius 2 is 2.19 bits per heavy atom. The van der Waals surface area contributed by atoms with E-state index < -0.39 is 11.8 Å². The van der Waals surface area contributed by atoms with E-state index in [1.807, 2.05) is 0 Å². The second kappa shape index (κ2) is 8.93. The number of aliphatic hydroxyl groups is 1. The number of hydrogen-bond donors (Lipinski definition) is 4. The molecule has 0 spiro atoms. The van der Waals surface area contributed by atoms with E-state index in [9.17, 15) is 9.90 Å². The van der Waals surface area contributed by atoms with Crippen molar-refractivity contribution in [3.05, 3.63) is 34.9 Å². The van der Waals surface area contributed by atoms with Crippen molar-refractivity contribution in [2.24, 2.45) is 4.99 Å². The van der Waals surface area contributed by atoms with Gasteiger partial charge in [0.15, 0.2) is 0 Å². The van der Waals surface area contributed by atoms with Gasteiger partial charge >= 0.3 is 0 Å². The maximum absolute atomic E-state index is 12.8. The third kappa shape index (κ3) is 4.19. The number of aliphatic hydroxyl groups excluding tert-OH is 1. The minimum Gasteiger partial charge on any atom is -0.490 e. The Hall–Kier alpha value is -2.28. The molecule has 0 radical (unpaired) electrons.